The minimum atomic E-state index is -0.993. The lowest BCUT2D eigenvalue weighted by molar-refractivity contribution is -0.117. The summed E-state index contributed by atoms with van der Waals surface area (Å²) in [4.78, 5) is 22.9. The molecule has 0 aromatic heterocycles. The number of rotatable bonds is 5. The number of carboxylic acids is 1. The first-order valence-corrected chi connectivity index (χ1v) is 7.70. The molecule has 0 saturated carbocycles. The topological polar surface area (TPSA) is 66.4 Å². The Kier molecular flexibility index (Phi) is 5.96. The van der Waals surface area contributed by atoms with Crippen LogP contribution in [0, 0.1) is 11.3 Å². The van der Waals surface area contributed by atoms with E-state index in [-0.39, 0.29) is 16.9 Å². The van der Waals surface area contributed by atoms with Gasteiger partial charge in [-0.1, -0.05) is 27.7 Å². The average Bonchev–Trinajstić information content (AvgIpc) is 2.28. The van der Waals surface area contributed by atoms with Gasteiger partial charge in [0, 0.05) is 10.9 Å². The Balaban J connectivity index is 2.65. The van der Waals surface area contributed by atoms with Crippen molar-refractivity contribution in [2.24, 2.45) is 11.3 Å². The van der Waals surface area contributed by atoms with Crippen LogP contribution in [0.15, 0.2) is 22.7 Å². The molecule has 0 aliphatic heterocycles. The van der Waals surface area contributed by atoms with Gasteiger partial charge in [0.1, 0.15) is 0 Å². The predicted octanol–water partition coefficient (Wildman–Crippen LogP) is 4.55. The Morgan fingerprint density at radius 1 is 1.33 bits per heavy atom. The molecular weight excluding hydrogens is 334 g/mol. The first-order valence-electron chi connectivity index (χ1n) is 6.91. The quantitative estimate of drug-likeness (QED) is 0.814. The summed E-state index contributed by atoms with van der Waals surface area (Å²) in [5.41, 5.74) is 0.970. The molecular formula is C16H22BrNO3. The first kappa shape index (κ1) is 17.7. The van der Waals surface area contributed by atoms with E-state index in [0.29, 0.717) is 22.5 Å². The highest BCUT2D eigenvalue weighted by Crippen LogP contribution is 2.27. The van der Waals surface area contributed by atoms with Crippen LogP contribution in [0.2, 0.25) is 0 Å². The summed E-state index contributed by atoms with van der Waals surface area (Å²) in [6.45, 7) is 8.53. The van der Waals surface area contributed by atoms with Gasteiger partial charge in [0.2, 0.25) is 5.91 Å². The number of carboxylic acid groups (broad SMARTS) is 1. The molecule has 0 aliphatic rings. The second-order valence-electron chi connectivity index (χ2n) is 6.62. The van der Waals surface area contributed by atoms with E-state index in [1.165, 1.54) is 12.1 Å². The molecule has 0 bridgehead atoms. The molecule has 1 atom stereocenters. The Morgan fingerprint density at radius 2 is 1.95 bits per heavy atom. The summed E-state index contributed by atoms with van der Waals surface area (Å²) in [6, 6.07) is 4.55. The van der Waals surface area contributed by atoms with Crippen molar-refractivity contribution < 1.29 is 14.7 Å². The van der Waals surface area contributed by atoms with Crippen molar-refractivity contribution in [1.82, 2.24) is 0 Å². The van der Waals surface area contributed by atoms with E-state index in [4.69, 9.17) is 5.11 Å². The number of hydrogen-bond acceptors (Lipinski definition) is 2. The highest BCUT2D eigenvalue weighted by Gasteiger charge is 2.18. The van der Waals surface area contributed by atoms with Gasteiger partial charge >= 0.3 is 5.97 Å². The van der Waals surface area contributed by atoms with Gasteiger partial charge in [0.05, 0.1) is 11.3 Å². The zero-order chi connectivity index (χ0) is 16.2. The number of nitrogens with one attached hydrogen (secondary N) is 1. The molecule has 1 aromatic carbocycles. The van der Waals surface area contributed by atoms with Gasteiger partial charge in [-0.3, -0.25) is 4.79 Å². The lowest BCUT2D eigenvalue weighted by Gasteiger charge is -2.22. The Morgan fingerprint density at radius 3 is 2.43 bits per heavy atom. The number of benzene rings is 1. The van der Waals surface area contributed by atoms with E-state index in [1.807, 2.05) is 0 Å². The van der Waals surface area contributed by atoms with Crippen molar-refractivity contribution in [1.29, 1.82) is 0 Å². The van der Waals surface area contributed by atoms with E-state index in [0.717, 1.165) is 6.42 Å². The van der Waals surface area contributed by atoms with Crippen LogP contribution in [0.3, 0.4) is 0 Å². The number of carbonyl (C=O) groups excluding carboxylic acids is 1. The van der Waals surface area contributed by atoms with Crippen LogP contribution in [0.4, 0.5) is 5.69 Å². The van der Waals surface area contributed by atoms with Crippen molar-refractivity contribution >= 4 is 33.5 Å². The van der Waals surface area contributed by atoms with Crippen LogP contribution in [-0.2, 0) is 4.79 Å². The van der Waals surface area contributed by atoms with Crippen LogP contribution in [0.5, 0.6) is 0 Å². The third kappa shape index (κ3) is 6.29. The standard InChI is InChI=1S/C16H22BrNO3/c1-10(9-16(2,3)4)7-14(19)18-13-6-5-11(15(20)21)8-12(13)17/h5-6,8,10H,7,9H2,1-4H3,(H,18,19)(H,20,21). The van der Waals surface area contributed by atoms with Gasteiger partial charge in [-0.2, -0.15) is 0 Å². The number of anilines is 1. The third-order valence-electron chi connectivity index (χ3n) is 2.98. The highest BCUT2D eigenvalue weighted by molar-refractivity contribution is 9.10. The Bertz CT molecular complexity index is 535. The molecule has 1 rings (SSSR count). The molecule has 0 aliphatic carbocycles. The van der Waals surface area contributed by atoms with Gasteiger partial charge in [-0.25, -0.2) is 4.79 Å². The largest absolute Gasteiger partial charge is 0.478 e. The molecule has 4 nitrogen and oxygen atoms in total. The molecule has 21 heavy (non-hydrogen) atoms. The molecule has 2 N–H and O–H groups in total. The number of carbonyl (C=O) groups is 2. The summed E-state index contributed by atoms with van der Waals surface area (Å²) < 4.78 is 0.569. The second kappa shape index (κ2) is 7.07. The van der Waals surface area contributed by atoms with Crippen molar-refractivity contribution in [3.8, 4) is 0 Å². The van der Waals surface area contributed by atoms with E-state index in [2.05, 4.69) is 48.9 Å². The molecule has 5 heteroatoms. The van der Waals surface area contributed by atoms with Gasteiger partial charge in [0.15, 0.2) is 0 Å². The number of aromatic carboxylic acids is 1. The summed E-state index contributed by atoms with van der Waals surface area (Å²) in [5.74, 6) is -0.759. The zero-order valence-corrected chi connectivity index (χ0v) is 14.5. The summed E-state index contributed by atoms with van der Waals surface area (Å²) in [5, 5.41) is 11.7. The third-order valence-corrected chi connectivity index (χ3v) is 3.64. The maximum Gasteiger partial charge on any atom is 0.335 e. The van der Waals surface area contributed by atoms with Crippen LogP contribution < -0.4 is 5.32 Å². The van der Waals surface area contributed by atoms with Crippen LogP contribution in [0.25, 0.3) is 0 Å². The summed E-state index contributed by atoms with van der Waals surface area (Å²) in [6.07, 6.45) is 1.42. The molecule has 0 saturated heterocycles. The Hall–Kier alpha value is -1.36. The van der Waals surface area contributed by atoms with Crippen molar-refractivity contribution in [3.63, 3.8) is 0 Å². The van der Waals surface area contributed by atoms with E-state index in [1.54, 1.807) is 6.07 Å². The highest BCUT2D eigenvalue weighted by atomic mass is 79.9. The lowest BCUT2D eigenvalue weighted by atomic mass is 9.84. The molecule has 0 spiro atoms. The first-order chi connectivity index (χ1) is 9.58. The minimum Gasteiger partial charge on any atom is -0.478 e. The van der Waals surface area contributed by atoms with Gasteiger partial charge in [-0.05, 0) is 51.9 Å². The van der Waals surface area contributed by atoms with Gasteiger partial charge in [0.25, 0.3) is 0 Å². The van der Waals surface area contributed by atoms with Gasteiger partial charge in [-0.15, -0.1) is 0 Å². The molecule has 0 fully saturated rings. The van der Waals surface area contributed by atoms with Crippen molar-refractivity contribution in [2.75, 3.05) is 5.32 Å². The molecule has 1 amide bonds. The molecule has 1 unspecified atom stereocenters. The fourth-order valence-electron chi connectivity index (χ4n) is 2.38. The zero-order valence-electron chi connectivity index (χ0n) is 12.9. The molecule has 116 valence electrons. The van der Waals surface area contributed by atoms with E-state index >= 15 is 0 Å². The smallest absolute Gasteiger partial charge is 0.335 e. The second-order valence-corrected chi connectivity index (χ2v) is 7.48. The SMILES string of the molecule is CC(CC(=O)Nc1ccc(C(=O)O)cc1Br)CC(C)(C)C. The predicted molar refractivity (Wildman–Crippen MR) is 87.6 cm³/mol. The van der Waals surface area contributed by atoms with E-state index < -0.39 is 5.97 Å². The van der Waals surface area contributed by atoms with Crippen molar-refractivity contribution in [2.45, 2.75) is 40.5 Å². The number of hydrogen-bond donors (Lipinski definition) is 2. The fraction of sp³-hybridized carbons (Fsp3) is 0.500. The van der Waals surface area contributed by atoms with Crippen LogP contribution in [0.1, 0.15) is 50.9 Å². The van der Waals surface area contributed by atoms with Crippen molar-refractivity contribution in [3.05, 3.63) is 28.2 Å². The summed E-state index contributed by atoms with van der Waals surface area (Å²) >= 11 is 3.28. The van der Waals surface area contributed by atoms with Gasteiger partial charge < -0.3 is 10.4 Å². The fourth-order valence-corrected chi connectivity index (χ4v) is 2.86. The minimum absolute atomic E-state index is 0.0597. The molecule has 0 heterocycles. The van der Waals surface area contributed by atoms with E-state index in [9.17, 15) is 9.59 Å². The Labute approximate surface area is 134 Å². The molecule has 1 aromatic rings. The van der Waals surface area contributed by atoms with Crippen LogP contribution in [-0.4, -0.2) is 17.0 Å². The molecule has 0 radical (unpaired) electrons. The normalized spacial score (nSPS) is 12.8. The number of amides is 1. The maximum absolute atomic E-state index is 12.0. The summed E-state index contributed by atoms with van der Waals surface area (Å²) in [7, 11) is 0. The number of halogens is 1. The maximum atomic E-state index is 12.0. The lowest BCUT2D eigenvalue weighted by Crippen LogP contribution is -2.19. The average molecular weight is 356 g/mol. The van der Waals surface area contributed by atoms with Crippen LogP contribution >= 0.6 is 15.9 Å². The monoisotopic (exact) mass is 355 g/mol.